The van der Waals surface area contributed by atoms with E-state index in [0.717, 1.165) is 11.1 Å². The molecular weight excluding hydrogens is 464 g/mol. The van der Waals surface area contributed by atoms with Crippen molar-refractivity contribution < 1.29 is 38.7 Å². The summed E-state index contributed by atoms with van der Waals surface area (Å²) in [7, 11) is 0. The van der Waals surface area contributed by atoms with Gasteiger partial charge in [-0.05, 0) is 63.8 Å². The van der Waals surface area contributed by atoms with E-state index in [0.29, 0.717) is 24.3 Å². The number of carbonyl (C=O) groups is 2. The lowest BCUT2D eigenvalue weighted by Crippen LogP contribution is -2.16. The largest absolute Gasteiger partial charge is 0.487 e. The number of benzene rings is 2. The molecule has 2 N–H and O–H groups in total. The van der Waals surface area contributed by atoms with Crippen molar-refractivity contribution in [1.29, 1.82) is 0 Å². The third-order valence-corrected chi connectivity index (χ3v) is 4.75. The number of hydrogen-bond acceptors (Lipinski definition) is 8. The lowest BCUT2D eigenvalue weighted by atomic mass is 10.0. The van der Waals surface area contributed by atoms with Crippen LogP contribution in [0.15, 0.2) is 60.7 Å². The quantitative estimate of drug-likeness (QED) is 0.243. The summed E-state index contributed by atoms with van der Waals surface area (Å²) in [6, 6.07) is 10.4. The van der Waals surface area contributed by atoms with E-state index in [1.165, 1.54) is 12.2 Å². The second-order valence-electron chi connectivity index (χ2n) is 8.15. The van der Waals surface area contributed by atoms with Crippen LogP contribution in [0.2, 0.25) is 0 Å². The molecule has 194 valence electrons. The maximum absolute atomic E-state index is 12.0. The van der Waals surface area contributed by atoms with E-state index < -0.39 is 24.1 Å². The predicted molar refractivity (Wildman–Crippen MR) is 136 cm³/mol. The molecule has 36 heavy (non-hydrogen) atoms. The Hall–Kier alpha value is -3.62. The van der Waals surface area contributed by atoms with Crippen molar-refractivity contribution in [1.82, 2.24) is 0 Å². The first kappa shape index (κ1) is 28.6. The topological polar surface area (TPSA) is 112 Å². The Morgan fingerprint density at radius 1 is 0.750 bits per heavy atom. The smallest absolute Gasteiger partial charge is 0.335 e. The van der Waals surface area contributed by atoms with Crippen LogP contribution in [0.5, 0.6) is 23.0 Å². The minimum absolute atomic E-state index is 0.0182. The van der Waals surface area contributed by atoms with E-state index in [2.05, 4.69) is 0 Å². The van der Waals surface area contributed by atoms with E-state index in [4.69, 9.17) is 18.9 Å². The van der Waals surface area contributed by atoms with Crippen molar-refractivity contribution in [3.8, 4) is 23.0 Å². The van der Waals surface area contributed by atoms with Crippen LogP contribution in [0.3, 0.4) is 0 Å². The van der Waals surface area contributed by atoms with Gasteiger partial charge in [-0.2, -0.15) is 0 Å². The summed E-state index contributed by atoms with van der Waals surface area (Å²) in [5.74, 6) is 0.130. The molecule has 2 aromatic carbocycles. The second-order valence-corrected chi connectivity index (χ2v) is 8.15. The molecule has 8 nitrogen and oxygen atoms in total. The maximum Gasteiger partial charge on any atom is 0.335 e. The van der Waals surface area contributed by atoms with Crippen LogP contribution >= 0.6 is 0 Å². The lowest BCUT2D eigenvalue weighted by molar-refractivity contribution is -0.130. The molecule has 2 atom stereocenters. The molecule has 2 unspecified atom stereocenters. The van der Waals surface area contributed by atoms with Crippen molar-refractivity contribution in [2.75, 3.05) is 13.2 Å². The number of carbonyl (C=O) groups excluding carboxylic acids is 2. The van der Waals surface area contributed by atoms with Gasteiger partial charge in [-0.3, -0.25) is 0 Å². The molecule has 2 aromatic rings. The number of rotatable bonds is 13. The number of aliphatic hydroxyl groups excluding tert-OH is 2. The first-order valence-electron chi connectivity index (χ1n) is 11.8. The molecule has 0 aliphatic carbocycles. The van der Waals surface area contributed by atoms with Gasteiger partial charge >= 0.3 is 11.9 Å². The Balaban J connectivity index is 2.37. The second kappa shape index (κ2) is 14.7. The highest BCUT2D eigenvalue weighted by atomic mass is 16.6. The molecule has 0 aliphatic heterocycles. The van der Waals surface area contributed by atoms with Crippen LogP contribution < -0.4 is 18.9 Å². The van der Waals surface area contributed by atoms with Gasteiger partial charge in [0, 0.05) is 12.2 Å². The Kier molecular flexibility index (Phi) is 11.7. The van der Waals surface area contributed by atoms with Gasteiger partial charge in [-0.1, -0.05) is 36.4 Å². The summed E-state index contributed by atoms with van der Waals surface area (Å²) in [4.78, 5) is 24.1. The molecule has 0 saturated heterocycles. The molecule has 0 radical (unpaired) electrons. The van der Waals surface area contributed by atoms with Crippen molar-refractivity contribution in [3.63, 3.8) is 0 Å². The van der Waals surface area contributed by atoms with Crippen molar-refractivity contribution in [2.24, 2.45) is 0 Å². The minimum atomic E-state index is -0.721. The molecular formula is C28H34O8. The lowest BCUT2D eigenvalue weighted by Gasteiger charge is -2.18. The summed E-state index contributed by atoms with van der Waals surface area (Å²) < 4.78 is 22.5. The van der Waals surface area contributed by atoms with E-state index in [1.807, 2.05) is 12.1 Å². The normalized spacial score (nSPS) is 12.9. The monoisotopic (exact) mass is 498 g/mol. The van der Waals surface area contributed by atoms with Gasteiger partial charge in [-0.15, -0.1) is 0 Å². The van der Waals surface area contributed by atoms with E-state index in [1.54, 1.807) is 64.1 Å². The Labute approximate surface area is 211 Å². The summed E-state index contributed by atoms with van der Waals surface area (Å²) >= 11 is 0. The van der Waals surface area contributed by atoms with Gasteiger partial charge in [0.1, 0.15) is 13.2 Å². The Bertz CT molecular complexity index is 984. The van der Waals surface area contributed by atoms with Crippen LogP contribution in [0, 0.1) is 0 Å². The zero-order chi connectivity index (χ0) is 26.5. The number of allylic oxidation sites excluding steroid dienone is 2. The first-order valence-corrected chi connectivity index (χ1v) is 11.8. The molecule has 0 heterocycles. The number of aliphatic hydroxyl groups is 2. The summed E-state index contributed by atoms with van der Waals surface area (Å²) in [6.07, 6.45) is 5.24. The van der Waals surface area contributed by atoms with Gasteiger partial charge in [0.25, 0.3) is 0 Å². The van der Waals surface area contributed by atoms with Crippen LogP contribution in [-0.2, 0) is 22.4 Å². The number of ether oxygens (including phenoxy) is 4. The summed E-state index contributed by atoms with van der Waals surface area (Å²) in [5.41, 5.74) is 1.50. The summed E-state index contributed by atoms with van der Waals surface area (Å²) in [6.45, 7) is 6.66. The molecule has 0 aromatic heterocycles. The highest BCUT2D eigenvalue weighted by molar-refractivity contribution is 5.85. The highest BCUT2D eigenvalue weighted by Crippen LogP contribution is 2.36. The molecule has 8 heteroatoms. The fraction of sp³-hybridized carbons (Fsp3) is 0.357. The summed E-state index contributed by atoms with van der Waals surface area (Å²) in [5, 5.41) is 19.4. The fourth-order valence-corrected chi connectivity index (χ4v) is 3.24. The zero-order valence-corrected chi connectivity index (χ0v) is 21.1. The molecule has 0 bridgehead atoms. The Morgan fingerprint density at radius 3 is 1.47 bits per heavy atom. The predicted octanol–water partition coefficient (Wildman–Crippen LogP) is 3.95. The third-order valence-electron chi connectivity index (χ3n) is 4.75. The number of aryl methyl sites for hydroxylation is 2. The van der Waals surface area contributed by atoms with Crippen LogP contribution in [0.1, 0.15) is 38.8 Å². The first-order chi connectivity index (χ1) is 17.2. The highest BCUT2D eigenvalue weighted by Gasteiger charge is 2.18. The van der Waals surface area contributed by atoms with Gasteiger partial charge in [0.2, 0.25) is 0 Å². The van der Waals surface area contributed by atoms with Gasteiger partial charge in [0.15, 0.2) is 23.0 Å². The number of hydrogen-bond donors (Lipinski definition) is 2. The standard InChI is InChI=1S/C28H34O8/c1-5-9-25(31)35-23-13-7-11-21(27(23)33-17-19(3)29)15-16-22-12-8-14-24(36-26(32)10-6-2)28(22)34-18-20(4)30/h5-14,19-20,29-30H,15-18H2,1-4H3. The van der Waals surface area contributed by atoms with E-state index in [9.17, 15) is 19.8 Å². The molecule has 0 saturated carbocycles. The molecule has 0 amide bonds. The van der Waals surface area contributed by atoms with Gasteiger partial charge in [-0.25, -0.2) is 9.59 Å². The zero-order valence-electron chi connectivity index (χ0n) is 21.1. The van der Waals surface area contributed by atoms with Crippen molar-refractivity contribution >= 4 is 11.9 Å². The average Bonchev–Trinajstić information content (AvgIpc) is 2.81. The van der Waals surface area contributed by atoms with Crippen LogP contribution in [0.4, 0.5) is 0 Å². The SMILES string of the molecule is CC=CC(=O)Oc1cccc(CCc2cccc(OC(=O)C=CC)c2OCC(C)O)c1OCC(C)O. The minimum Gasteiger partial charge on any atom is -0.487 e. The van der Waals surface area contributed by atoms with Crippen LogP contribution in [-0.4, -0.2) is 47.6 Å². The van der Waals surface area contributed by atoms with Crippen molar-refractivity contribution in [3.05, 3.63) is 71.8 Å². The van der Waals surface area contributed by atoms with Gasteiger partial charge in [0.05, 0.1) is 12.2 Å². The van der Waals surface area contributed by atoms with Gasteiger partial charge < -0.3 is 29.2 Å². The number of para-hydroxylation sites is 2. The van der Waals surface area contributed by atoms with E-state index >= 15 is 0 Å². The average molecular weight is 499 g/mol. The number of esters is 2. The van der Waals surface area contributed by atoms with Crippen molar-refractivity contribution in [2.45, 2.75) is 52.7 Å². The van der Waals surface area contributed by atoms with Crippen LogP contribution in [0.25, 0.3) is 0 Å². The fourth-order valence-electron chi connectivity index (χ4n) is 3.24. The third kappa shape index (κ3) is 9.20. The molecule has 0 aliphatic rings. The maximum atomic E-state index is 12.0. The molecule has 0 fully saturated rings. The van der Waals surface area contributed by atoms with E-state index in [-0.39, 0.29) is 24.7 Å². The molecule has 2 rings (SSSR count). The Morgan fingerprint density at radius 2 is 1.14 bits per heavy atom. The molecule has 0 spiro atoms.